The molecule has 0 unspecified atom stereocenters. The molecule has 2 aromatic heterocycles. The number of aliphatic hydroxyl groups excluding tert-OH is 1. The third kappa shape index (κ3) is 28.3. The molecule has 31 nitrogen and oxygen atoms in total. The smallest absolute Gasteiger partial charge is 0.312 e. The summed E-state index contributed by atoms with van der Waals surface area (Å²) >= 11 is 6.28. The Hall–Kier alpha value is -11.8. The van der Waals surface area contributed by atoms with E-state index in [1.165, 1.54) is 36.6 Å². The number of aromatic nitrogens is 2. The van der Waals surface area contributed by atoms with Crippen molar-refractivity contribution in [3.63, 3.8) is 0 Å². The Morgan fingerprint density at radius 1 is 0.508 bits per heavy atom. The molecule has 2 saturated heterocycles. The van der Waals surface area contributed by atoms with Gasteiger partial charge in [-0.15, -0.1) is 0 Å². The molecule has 2 aliphatic heterocycles. The summed E-state index contributed by atoms with van der Waals surface area (Å²) in [5.74, 6) is -8.96. The number of hydrogen-bond acceptors (Lipinski definition) is 18. The number of aliphatic hydroxyl groups is 1. The van der Waals surface area contributed by atoms with Crippen LogP contribution in [0.15, 0.2) is 164 Å². The van der Waals surface area contributed by atoms with Crippen molar-refractivity contribution in [2.24, 2.45) is 17.4 Å². The first kappa shape index (κ1) is 90.2. The van der Waals surface area contributed by atoms with E-state index in [0.717, 1.165) is 16.3 Å². The molecule has 2 fully saturated rings. The summed E-state index contributed by atoms with van der Waals surface area (Å²) < 4.78 is 5.57. The van der Waals surface area contributed by atoms with Crippen LogP contribution in [0.2, 0.25) is 5.02 Å². The van der Waals surface area contributed by atoms with Crippen LogP contribution >= 0.6 is 11.6 Å². The molecule has 10 atom stereocenters. The third-order valence-corrected chi connectivity index (χ3v) is 20.6. The van der Waals surface area contributed by atoms with Crippen molar-refractivity contribution < 1.29 is 67.4 Å². The number of likely N-dealkylation sites (tertiary alicyclic amines) is 1. The summed E-state index contributed by atoms with van der Waals surface area (Å²) in [5.41, 5.74) is 15.3. The zero-order valence-corrected chi connectivity index (χ0v) is 67.8. The number of pyridine rings is 2. The van der Waals surface area contributed by atoms with Gasteiger partial charge >= 0.3 is 6.03 Å². The van der Waals surface area contributed by atoms with E-state index in [1.807, 2.05) is 76.2 Å². The van der Waals surface area contributed by atoms with Gasteiger partial charge in [-0.3, -0.25) is 67.6 Å². The number of hydrogen-bond donors (Lipinski definition) is 14. The summed E-state index contributed by atoms with van der Waals surface area (Å²) in [6.07, 6.45) is 6.86. The first-order valence-electron chi connectivity index (χ1n) is 39.9. The van der Waals surface area contributed by atoms with Crippen molar-refractivity contribution in [3.05, 3.63) is 208 Å². The highest BCUT2D eigenvalue weighted by atomic mass is 35.5. The number of morpholine rings is 1. The number of primary amides is 2. The predicted octanol–water partition coefficient (Wildman–Crippen LogP) is 3.50. The molecular weight excluding hydrogens is 1530 g/mol. The second kappa shape index (κ2) is 45.1. The van der Waals surface area contributed by atoms with Crippen LogP contribution in [0, 0.1) is 5.92 Å². The van der Waals surface area contributed by atoms with E-state index in [9.17, 15) is 33.9 Å². The van der Waals surface area contributed by atoms with Gasteiger partial charge in [0.2, 0.25) is 59.1 Å². The predicted molar refractivity (Wildman–Crippen MR) is 444 cm³/mol. The fourth-order valence-electron chi connectivity index (χ4n) is 13.9. The number of rotatable bonds is 42. The summed E-state index contributed by atoms with van der Waals surface area (Å²) in [4.78, 5) is 184. The van der Waals surface area contributed by atoms with Crippen LogP contribution in [-0.4, -0.2) is 208 Å². The van der Waals surface area contributed by atoms with Crippen molar-refractivity contribution >= 4 is 99.1 Å². The standard InChI is InChI=1S/C86H108ClN17O14/c1-52(2)41-67(77(108)95-66(17-8-9-35-92-53(3)4)85(116)104-36-12-18-74(104)84(115)93-54(5)75(88)106)96-78(109)69(45-57-26-31-65(32-27-57)94-76(107)63-16-11-34-91-49-63)97-80(111)70(43-55-19-21-58(22-20-55)50-103-37-39-118-40-38-103)100-83(114)73(51-105)101-81(112)71(47-60-13-10-33-90-48-60)99-79(110)68(44-56-24-29-64(87)30-25-56)98-82(113)72(102-86(89)117)46-59-23-28-61-14-6-7-15-62(61)42-59/h6-7,10-11,13-16,19-34,42,48-49,52-54,66-74,92,105H,8-9,12,17-18,35-41,43-47,50-51H2,1-5H3,(H2,88,106)(H,93,115)(H,94,107)(H,95,108)(H,96,109)(H,97,111)(H,98,113)(H,99,110)(H,100,114)(H,101,112)(H3,89,102,117)/t54-,66+,67+,68-,69-,70+,71-,72-,73+,74+/m1/s1. The van der Waals surface area contributed by atoms with Crippen LogP contribution in [0.4, 0.5) is 10.5 Å². The van der Waals surface area contributed by atoms with Gasteiger partial charge in [0.1, 0.15) is 60.4 Å². The zero-order chi connectivity index (χ0) is 84.8. The topological polar surface area (TPSA) is 451 Å². The minimum Gasteiger partial charge on any atom is -0.394 e. The number of anilines is 1. The number of ether oxygens (including phenoxy) is 1. The third-order valence-electron chi connectivity index (χ3n) is 20.3. The van der Waals surface area contributed by atoms with Gasteiger partial charge in [-0.05, 0) is 145 Å². The maximum absolute atomic E-state index is 15.6. The fraction of sp³-hybridized carbons (Fsp3) is 0.419. The molecular formula is C86H108ClN17O14. The van der Waals surface area contributed by atoms with Gasteiger partial charge in [0.15, 0.2) is 0 Å². The van der Waals surface area contributed by atoms with E-state index in [-0.39, 0.29) is 75.4 Å². The average molecular weight is 1640 g/mol. The number of urea groups is 1. The number of carbonyl (C=O) groups is 12. The Balaban J connectivity index is 1.01. The molecule has 0 saturated carbocycles. The lowest BCUT2D eigenvalue weighted by Gasteiger charge is -2.31. The number of nitrogens with two attached hydrogens (primary N) is 2. The summed E-state index contributed by atoms with van der Waals surface area (Å²) in [7, 11) is 0. The monoisotopic (exact) mass is 1640 g/mol. The first-order valence-corrected chi connectivity index (χ1v) is 40.3. The van der Waals surface area contributed by atoms with Gasteiger partial charge in [-0.2, -0.15) is 0 Å². The summed E-state index contributed by atoms with van der Waals surface area (Å²) in [6, 6.07) is 25.0. The van der Waals surface area contributed by atoms with Gasteiger partial charge in [0.25, 0.3) is 5.91 Å². The molecule has 628 valence electrons. The lowest BCUT2D eigenvalue weighted by atomic mass is 9.99. The first-order chi connectivity index (χ1) is 56.6. The lowest BCUT2D eigenvalue weighted by Crippen LogP contribution is -2.62. The Labute approximate surface area is 691 Å². The number of benzene rings is 5. The number of nitrogens with one attached hydrogen (secondary N) is 11. The number of carbonyl (C=O) groups excluding carboxylic acids is 12. The SMILES string of the molecule is CC(C)C[C@H](NC(=O)[C@@H](Cc1ccc(NC(=O)c2cccnc2)cc1)NC(=O)[C@H](Cc1ccc(CN2CCOCC2)cc1)NC(=O)[C@H](CO)NC(=O)[C@@H](Cc1cccnc1)NC(=O)[C@@H](Cc1ccc(Cl)cc1)NC(=O)[C@@H](Cc1ccc2ccccc2c1)NC(N)=O)C(=O)N[C@@H](CCCCNC(C)C)C(=O)N1CCC[C@H]1C(=O)N[C@H](C)C(N)=O. The fourth-order valence-corrected chi connectivity index (χ4v) is 14.1. The molecule has 0 bridgehead atoms. The van der Waals surface area contributed by atoms with Crippen molar-refractivity contribution in [2.75, 3.05) is 51.3 Å². The highest BCUT2D eigenvalue weighted by Crippen LogP contribution is 2.24. The molecule has 118 heavy (non-hydrogen) atoms. The van der Waals surface area contributed by atoms with Crippen LogP contribution < -0.4 is 70.0 Å². The molecule has 16 N–H and O–H groups in total. The Kier molecular flexibility index (Phi) is 34.4. The van der Waals surface area contributed by atoms with E-state index in [0.29, 0.717) is 97.2 Å². The molecule has 0 spiro atoms. The van der Waals surface area contributed by atoms with E-state index in [4.69, 9.17) is 27.8 Å². The average Bonchev–Trinajstić information content (AvgIpc) is 1.58. The number of unbranched alkanes of at least 4 members (excludes halogenated alkanes) is 1. The second-order valence-corrected chi connectivity index (χ2v) is 31.0. The van der Waals surface area contributed by atoms with Crippen LogP contribution in [-0.2, 0) is 91.3 Å². The lowest BCUT2D eigenvalue weighted by molar-refractivity contribution is -0.142. The van der Waals surface area contributed by atoms with Crippen molar-refractivity contribution in [1.82, 2.24) is 72.9 Å². The largest absolute Gasteiger partial charge is 0.394 e. The highest BCUT2D eigenvalue weighted by Gasteiger charge is 2.41. The van der Waals surface area contributed by atoms with Gasteiger partial charge < -0.3 is 84.7 Å². The van der Waals surface area contributed by atoms with Crippen LogP contribution in [0.5, 0.6) is 0 Å². The number of halogens is 1. The molecule has 5 aromatic carbocycles. The molecule has 4 heterocycles. The normalized spacial score (nSPS) is 15.8. The van der Waals surface area contributed by atoms with E-state index in [2.05, 4.69) is 73.4 Å². The molecule has 7 aromatic rings. The maximum Gasteiger partial charge on any atom is 0.312 e. The van der Waals surface area contributed by atoms with Gasteiger partial charge in [-0.25, -0.2) is 4.79 Å². The molecule has 0 radical (unpaired) electrons. The second-order valence-electron chi connectivity index (χ2n) is 30.5. The number of amides is 13. The van der Waals surface area contributed by atoms with Crippen molar-refractivity contribution in [3.8, 4) is 0 Å². The molecule has 13 amide bonds. The molecule has 0 aliphatic carbocycles. The summed E-state index contributed by atoms with van der Waals surface area (Å²) in [6.45, 7) is 11.9. The summed E-state index contributed by atoms with van der Waals surface area (Å²) in [5, 5.41) is 44.1. The number of fused-ring (bicyclic) bond motifs is 1. The van der Waals surface area contributed by atoms with Gasteiger partial charge in [0.05, 0.1) is 25.4 Å². The van der Waals surface area contributed by atoms with Crippen LogP contribution in [0.3, 0.4) is 0 Å². The Morgan fingerprint density at radius 2 is 1.00 bits per heavy atom. The Morgan fingerprint density at radius 3 is 1.54 bits per heavy atom. The maximum atomic E-state index is 15.6. The quantitative estimate of drug-likeness (QED) is 0.0243. The Bertz CT molecular complexity index is 4560. The van der Waals surface area contributed by atoms with E-state index >= 15 is 28.8 Å². The van der Waals surface area contributed by atoms with Crippen molar-refractivity contribution in [1.29, 1.82) is 0 Å². The molecule has 32 heteroatoms. The molecule has 2 aliphatic rings. The minimum absolute atomic E-state index is 0.0220. The van der Waals surface area contributed by atoms with E-state index in [1.54, 1.807) is 91.0 Å². The van der Waals surface area contributed by atoms with Crippen molar-refractivity contribution in [2.45, 2.75) is 178 Å². The van der Waals surface area contributed by atoms with Gasteiger partial charge in [-0.1, -0.05) is 136 Å². The highest BCUT2D eigenvalue weighted by molar-refractivity contribution is 6.30. The van der Waals surface area contributed by atoms with Crippen LogP contribution in [0.25, 0.3) is 10.8 Å². The van der Waals surface area contributed by atoms with E-state index < -0.39 is 138 Å². The van der Waals surface area contributed by atoms with Gasteiger partial charge in [0, 0.05) is 99.8 Å². The molecule has 9 rings (SSSR count). The number of nitrogens with zero attached hydrogens (tertiary/aromatic N) is 4. The zero-order valence-electron chi connectivity index (χ0n) is 67.0. The minimum atomic E-state index is -1.84. The van der Waals surface area contributed by atoms with Crippen LogP contribution in [0.1, 0.15) is 117 Å².